The molecule has 0 bridgehead atoms. The van der Waals surface area contributed by atoms with Crippen molar-refractivity contribution in [2.45, 2.75) is 12.3 Å². The molecule has 130 valence electrons. The van der Waals surface area contributed by atoms with Gasteiger partial charge in [-0.1, -0.05) is 12.1 Å². The lowest BCUT2D eigenvalue weighted by Gasteiger charge is -2.14. The average Bonchev–Trinajstić information content (AvgIpc) is 2.56. The number of aromatic nitrogens is 2. The fourth-order valence-corrected chi connectivity index (χ4v) is 1.73. The zero-order valence-corrected chi connectivity index (χ0v) is 12.1. The molecule has 0 saturated carbocycles. The monoisotopic (exact) mass is 345 g/mol. The number of hydrogen-bond donors (Lipinski definition) is 5. The highest BCUT2D eigenvalue weighted by Gasteiger charge is 2.35. The van der Waals surface area contributed by atoms with Crippen LogP contribution < -0.4 is 16.2 Å². The molecule has 5 N–H and O–H groups in total. The Hall–Kier alpha value is -2.66. The Morgan fingerprint density at radius 1 is 1.25 bits per heavy atom. The first-order valence-corrected chi connectivity index (χ1v) is 6.74. The lowest BCUT2D eigenvalue weighted by Crippen LogP contribution is -2.43. The number of carbonyl (C=O) groups is 1. The quantitative estimate of drug-likeness (QED) is 0.507. The summed E-state index contributed by atoms with van der Waals surface area (Å²) in [5.41, 5.74) is 4.44. The first-order chi connectivity index (χ1) is 11.3. The number of alkyl halides is 3. The van der Waals surface area contributed by atoms with Gasteiger partial charge < -0.3 is 15.5 Å². The lowest BCUT2D eigenvalue weighted by atomic mass is 10.2. The smallest absolute Gasteiger partial charge is 0.394 e. The van der Waals surface area contributed by atoms with Gasteiger partial charge in [0.2, 0.25) is 5.82 Å². The maximum Gasteiger partial charge on any atom is 0.451 e. The van der Waals surface area contributed by atoms with E-state index in [2.05, 4.69) is 26.1 Å². The molecule has 11 heteroatoms. The van der Waals surface area contributed by atoms with Crippen LogP contribution in [0.15, 0.2) is 24.3 Å². The Labute approximate surface area is 133 Å². The predicted molar refractivity (Wildman–Crippen MR) is 77.8 cm³/mol. The van der Waals surface area contributed by atoms with E-state index in [9.17, 15) is 18.0 Å². The molecule has 0 spiro atoms. The van der Waals surface area contributed by atoms with Gasteiger partial charge in [0.25, 0.3) is 0 Å². The minimum Gasteiger partial charge on any atom is -0.394 e. The van der Waals surface area contributed by atoms with Crippen molar-refractivity contribution < 1.29 is 28.2 Å². The molecule has 2 amide bonds. The molecule has 2 rings (SSSR count). The van der Waals surface area contributed by atoms with Gasteiger partial charge in [0, 0.05) is 11.9 Å². The van der Waals surface area contributed by atoms with Gasteiger partial charge in [-0.25, -0.2) is 14.8 Å². The van der Waals surface area contributed by atoms with Gasteiger partial charge in [-0.2, -0.15) is 13.2 Å². The van der Waals surface area contributed by atoms with Gasteiger partial charge in [0.1, 0.15) is 0 Å². The fourth-order valence-electron chi connectivity index (χ4n) is 1.73. The van der Waals surface area contributed by atoms with Crippen LogP contribution in [-0.4, -0.2) is 45.5 Å². The number of fused-ring (bicyclic) bond motifs is 1. The summed E-state index contributed by atoms with van der Waals surface area (Å²) in [6.07, 6.45) is -5.89. The summed E-state index contributed by atoms with van der Waals surface area (Å²) in [4.78, 5) is 18.3. The fraction of sp³-hybridized carbons (Fsp3) is 0.308. The zero-order valence-electron chi connectivity index (χ0n) is 12.1. The van der Waals surface area contributed by atoms with Crippen LogP contribution in [0.5, 0.6) is 0 Å². The molecule has 1 unspecified atom stereocenters. The van der Waals surface area contributed by atoms with E-state index < -0.39 is 30.7 Å². The molecule has 0 aliphatic heterocycles. The van der Waals surface area contributed by atoms with Crippen LogP contribution >= 0.6 is 0 Å². The molecule has 1 atom stereocenters. The SMILES string of the molecule is O=C(NCC(O)CO)NNc1nc(C(F)(F)F)nc2ccccc12. The number of aliphatic hydroxyl groups excluding tert-OH is 2. The topological polar surface area (TPSA) is 119 Å². The Morgan fingerprint density at radius 3 is 2.62 bits per heavy atom. The minimum atomic E-state index is -4.74. The van der Waals surface area contributed by atoms with Crippen molar-refractivity contribution in [2.75, 3.05) is 18.6 Å². The molecular formula is C13H14F3N5O3. The molecule has 0 fully saturated rings. The van der Waals surface area contributed by atoms with Crippen molar-refractivity contribution in [3.8, 4) is 0 Å². The molecule has 2 aromatic rings. The van der Waals surface area contributed by atoms with Crippen molar-refractivity contribution in [2.24, 2.45) is 0 Å². The van der Waals surface area contributed by atoms with Gasteiger partial charge in [0.15, 0.2) is 5.82 Å². The Bertz CT molecular complexity index is 726. The molecular weight excluding hydrogens is 331 g/mol. The Kier molecular flexibility index (Phi) is 5.36. The third kappa shape index (κ3) is 4.43. The lowest BCUT2D eigenvalue weighted by molar-refractivity contribution is -0.144. The summed E-state index contributed by atoms with van der Waals surface area (Å²) in [6, 6.07) is 5.17. The summed E-state index contributed by atoms with van der Waals surface area (Å²) in [6.45, 7) is -0.776. The van der Waals surface area contributed by atoms with E-state index in [1.54, 1.807) is 6.07 Å². The number of urea groups is 1. The van der Waals surface area contributed by atoms with Gasteiger partial charge in [-0.15, -0.1) is 0 Å². The molecule has 1 heterocycles. The van der Waals surface area contributed by atoms with Crippen molar-refractivity contribution >= 4 is 22.8 Å². The van der Waals surface area contributed by atoms with Gasteiger partial charge in [-0.3, -0.25) is 10.9 Å². The number of para-hydroxylation sites is 1. The third-order valence-corrected chi connectivity index (χ3v) is 2.86. The number of amides is 2. The van der Waals surface area contributed by atoms with Crippen LogP contribution in [0.2, 0.25) is 0 Å². The molecule has 0 saturated heterocycles. The number of hydrogen-bond acceptors (Lipinski definition) is 6. The summed E-state index contributed by atoms with van der Waals surface area (Å²) in [5.74, 6) is -1.58. The standard InChI is InChI=1S/C13H14F3N5O3/c14-13(15,16)11-18-9-4-2-1-3-8(9)10(19-11)20-21-12(24)17-5-7(23)6-22/h1-4,7,22-23H,5-6H2,(H2,17,21,24)(H,18,19,20). The summed E-state index contributed by atoms with van der Waals surface area (Å²) in [7, 11) is 0. The van der Waals surface area contributed by atoms with Crippen LogP contribution in [0.1, 0.15) is 5.82 Å². The second-order valence-corrected chi connectivity index (χ2v) is 4.71. The van der Waals surface area contributed by atoms with E-state index in [0.717, 1.165) is 0 Å². The van der Waals surface area contributed by atoms with Crippen LogP contribution in [-0.2, 0) is 6.18 Å². The summed E-state index contributed by atoms with van der Waals surface area (Å²) >= 11 is 0. The molecule has 0 radical (unpaired) electrons. The van der Waals surface area contributed by atoms with Crippen LogP contribution in [0.3, 0.4) is 0 Å². The van der Waals surface area contributed by atoms with E-state index in [0.29, 0.717) is 0 Å². The van der Waals surface area contributed by atoms with E-state index in [1.807, 2.05) is 0 Å². The van der Waals surface area contributed by atoms with E-state index in [1.165, 1.54) is 18.2 Å². The number of carbonyl (C=O) groups excluding carboxylic acids is 1. The Morgan fingerprint density at radius 2 is 1.96 bits per heavy atom. The average molecular weight is 345 g/mol. The van der Waals surface area contributed by atoms with Crippen LogP contribution in [0.4, 0.5) is 23.8 Å². The van der Waals surface area contributed by atoms with Crippen LogP contribution in [0.25, 0.3) is 10.9 Å². The highest BCUT2D eigenvalue weighted by molar-refractivity contribution is 5.89. The molecule has 24 heavy (non-hydrogen) atoms. The highest BCUT2D eigenvalue weighted by Crippen LogP contribution is 2.29. The Balaban J connectivity index is 2.17. The molecule has 1 aromatic carbocycles. The van der Waals surface area contributed by atoms with Gasteiger partial charge in [-0.05, 0) is 12.1 Å². The maximum atomic E-state index is 12.8. The van der Waals surface area contributed by atoms with E-state index in [4.69, 9.17) is 10.2 Å². The largest absolute Gasteiger partial charge is 0.451 e. The van der Waals surface area contributed by atoms with Crippen molar-refractivity contribution in [1.29, 1.82) is 0 Å². The number of halogens is 3. The van der Waals surface area contributed by atoms with Crippen molar-refractivity contribution in [1.82, 2.24) is 20.7 Å². The number of anilines is 1. The number of nitrogens with zero attached hydrogens (tertiary/aromatic N) is 2. The zero-order chi connectivity index (χ0) is 17.7. The number of aliphatic hydroxyl groups is 2. The number of rotatable bonds is 5. The third-order valence-electron chi connectivity index (χ3n) is 2.86. The maximum absolute atomic E-state index is 12.8. The molecule has 0 aliphatic carbocycles. The number of hydrazine groups is 1. The normalized spacial score (nSPS) is 12.7. The summed E-state index contributed by atoms with van der Waals surface area (Å²) < 4.78 is 38.5. The molecule has 0 aliphatic rings. The van der Waals surface area contributed by atoms with Crippen LogP contribution in [0, 0.1) is 0 Å². The molecule has 1 aromatic heterocycles. The van der Waals surface area contributed by atoms with Crippen molar-refractivity contribution in [3.05, 3.63) is 30.1 Å². The minimum absolute atomic E-state index is 0.0558. The van der Waals surface area contributed by atoms with E-state index >= 15 is 0 Å². The second-order valence-electron chi connectivity index (χ2n) is 4.71. The summed E-state index contributed by atoms with van der Waals surface area (Å²) in [5, 5.41) is 20.2. The van der Waals surface area contributed by atoms with Gasteiger partial charge in [0.05, 0.1) is 18.2 Å². The van der Waals surface area contributed by atoms with Crippen molar-refractivity contribution in [3.63, 3.8) is 0 Å². The first-order valence-electron chi connectivity index (χ1n) is 6.74. The first kappa shape index (κ1) is 17.7. The number of nitrogens with one attached hydrogen (secondary N) is 3. The predicted octanol–water partition coefficient (Wildman–Crippen LogP) is 0.628. The van der Waals surface area contributed by atoms with Gasteiger partial charge >= 0.3 is 12.2 Å². The van der Waals surface area contributed by atoms with E-state index in [-0.39, 0.29) is 23.3 Å². The highest BCUT2D eigenvalue weighted by atomic mass is 19.4. The second kappa shape index (κ2) is 7.27. The number of benzene rings is 1. The molecule has 8 nitrogen and oxygen atoms in total.